The van der Waals surface area contributed by atoms with E-state index in [4.69, 9.17) is 14.2 Å². The van der Waals surface area contributed by atoms with E-state index < -0.39 is 5.97 Å². The maximum atomic E-state index is 11.6. The molecule has 0 N–H and O–H groups in total. The van der Waals surface area contributed by atoms with Gasteiger partial charge in [-0.1, -0.05) is 29.8 Å². The maximum absolute atomic E-state index is 11.6. The number of esters is 1. The standard InChI is InChI=1S/C20H19NO4S/c1-13-4-6-14(7-5-13)19-21-16(12-26-19)11-25-17-9-8-15(20(22)24-3)10-18(17)23-2/h4-10,12H,11H2,1-3H3. The average Bonchev–Trinajstić information content (AvgIpc) is 3.15. The third kappa shape index (κ3) is 4.03. The smallest absolute Gasteiger partial charge is 0.337 e. The highest BCUT2D eigenvalue weighted by Crippen LogP contribution is 2.30. The second-order valence-corrected chi connectivity index (χ2v) is 6.51. The van der Waals surface area contributed by atoms with Crippen molar-refractivity contribution in [1.82, 2.24) is 4.98 Å². The molecule has 2 aromatic carbocycles. The van der Waals surface area contributed by atoms with Gasteiger partial charge in [-0.25, -0.2) is 9.78 Å². The fourth-order valence-corrected chi connectivity index (χ4v) is 3.20. The Morgan fingerprint density at radius 3 is 2.54 bits per heavy atom. The zero-order valence-electron chi connectivity index (χ0n) is 14.8. The number of methoxy groups -OCH3 is 2. The Hall–Kier alpha value is -2.86. The predicted molar refractivity (Wildman–Crippen MR) is 101 cm³/mol. The number of aryl methyl sites for hydroxylation is 1. The summed E-state index contributed by atoms with van der Waals surface area (Å²) in [4.78, 5) is 16.2. The first-order chi connectivity index (χ1) is 12.6. The van der Waals surface area contributed by atoms with Gasteiger partial charge in [0.05, 0.1) is 25.5 Å². The lowest BCUT2D eigenvalue weighted by atomic mass is 10.2. The summed E-state index contributed by atoms with van der Waals surface area (Å²) in [5.74, 6) is 0.601. The second-order valence-electron chi connectivity index (χ2n) is 5.66. The van der Waals surface area contributed by atoms with E-state index in [2.05, 4.69) is 36.2 Å². The third-order valence-electron chi connectivity index (χ3n) is 3.81. The summed E-state index contributed by atoms with van der Waals surface area (Å²) in [6, 6.07) is 13.2. The monoisotopic (exact) mass is 369 g/mol. The van der Waals surface area contributed by atoms with E-state index in [1.807, 2.05) is 5.38 Å². The highest BCUT2D eigenvalue weighted by molar-refractivity contribution is 7.13. The molecule has 1 heterocycles. The van der Waals surface area contributed by atoms with Crippen LogP contribution in [0, 0.1) is 6.92 Å². The summed E-state index contributed by atoms with van der Waals surface area (Å²) in [6.07, 6.45) is 0. The van der Waals surface area contributed by atoms with Crippen LogP contribution in [0.15, 0.2) is 47.8 Å². The number of aromatic nitrogens is 1. The zero-order chi connectivity index (χ0) is 18.5. The lowest BCUT2D eigenvalue weighted by Crippen LogP contribution is -2.03. The van der Waals surface area contributed by atoms with Gasteiger partial charge in [0.2, 0.25) is 0 Å². The summed E-state index contributed by atoms with van der Waals surface area (Å²) in [7, 11) is 2.87. The molecule has 0 atom stereocenters. The zero-order valence-corrected chi connectivity index (χ0v) is 15.6. The molecule has 0 aliphatic heterocycles. The Labute approximate surface area is 156 Å². The minimum absolute atomic E-state index is 0.316. The normalized spacial score (nSPS) is 10.4. The van der Waals surface area contributed by atoms with Crippen LogP contribution >= 0.6 is 11.3 Å². The lowest BCUT2D eigenvalue weighted by molar-refractivity contribution is 0.0600. The SMILES string of the molecule is COC(=O)c1ccc(OCc2csc(-c3ccc(C)cc3)n2)c(OC)c1. The van der Waals surface area contributed by atoms with E-state index >= 15 is 0 Å². The Balaban J connectivity index is 1.71. The molecule has 3 aromatic rings. The van der Waals surface area contributed by atoms with E-state index in [0.717, 1.165) is 16.3 Å². The molecule has 0 radical (unpaired) electrons. The Morgan fingerprint density at radius 2 is 1.85 bits per heavy atom. The molecule has 0 spiro atoms. The molecule has 0 aliphatic rings. The highest BCUT2D eigenvalue weighted by atomic mass is 32.1. The van der Waals surface area contributed by atoms with Crippen molar-refractivity contribution >= 4 is 17.3 Å². The molecule has 6 heteroatoms. The van der Waals surface area contributed by atoms with Gasteiger partial charge in [0.15, 0.2) is 11.5 Å². The van der Waals surface area contributed by atoms with Crippen LogP contribution in [0.3, 0.4) is 0 Å². The molecule has 3 rings (SSSR count). The van der Waals surface area contributed by atoms with E-state index in [-0.39, 0.29) is 0 Å². The molecule has 5 nitrogen and oxygen atoms in total. The van der Waals surface area contributed by atoms with Gasteiger partial charge in [0, 0.05) is 10.9 Å². The summed E-state index contributed by atoms with van der Waals surface area (Å²) in [5, 5.41) is 2.93. The molecule has 0 unspecified atom stereocenters. The van der Waals surface area contributed by atoms with Gasteiger partial charge in [-0.3, -0.25) is 0 Å². The minimum Gasteiger partial charge on any atom is -0.493 e. The van der Waals surface area contributed by atoms with Crippen LogP contribution in [0.1, 0.15) is 21.6 Å². The van der Waals surface area contributed by atoms with Gasteiger partial charge in [0.1, 0.15) is 11.6 Å². The Morgan fingerprint density at radius 1 is 1.08 bits per heavy atom. The average molecular weight is 369 g/mol. The molecular formula is C20H19NO4S. The Kier molecular flexibility index (Phi) is 5.53. The highest BCUT2D eigenvalue weighted by Gasteiger charge is 2.12. The van der Waals surface area contributed by atoms with E-state index in [9.17, 15) is 4.79 Å². The number of thiazole rings is 1. The molecule has 0 saturated carbocycles. The Bertz CT molecular complexity index is 902. The topological polar surface area (TPSA) is 57.7 Å². The van der Waals surface area contributed by atoms with Gasteiger partial charge in [0.25, 0.3) is 0 Å². The fraction of sp³-hybridized carbons (Fsp3) is 0.200. The van der Waals surface area contributed by atoms with E-state index in [1.165, 1.54) is 19.8 Å². The largest absolute Gasteiger partial charge is 0.493 e. The van der Waals surface area contributed by atoms with Crippen molar-refractivity contribution in [1.29, 1.82) is 0 Å². The molecule has 0 amide bonds. The number of rotatable bonds is 6. The van der Waals surface area contributed by atoms with Crippen molar-refractivity contribution in [3.05, 3.63) is 64.7 Å². The molecule has 0 saturated heterocycles. The lowest BCUT2D eigenvalue weighted by Gasteiger charge is -2.10. The number of hydrogen-bond acceptors (Lipinski definition) is 6. The number of carbonyl (C=O) groups excluding carboxylic acids is 1. The third-order valence-corrected chi connectivity index (χ3v) is 4.75. The van der Waals surface area contributed by atoms with Crippen molar-refractivity contribution in [3.8, 4) is 22.1 Å². The fourth-order valence-electron chi connectivity index (χ4n) is 2.39. The van der Waals surface area contributed by atoms with Crippen LogP contribution in [0.2, 0.25) is 0 Å². The first-order valence-corrected chi connectivity index (χ1v) is 8.89. The number of hydrogen-bond donors (Lipinski definition) is 0. The van der Waals surface area contributed by atoms with Crippen LogP contribution in [0.25, 0.3) is 10.6 Å². The van der Waals surface area contributed by atoms with Crippen LogP contribution in [0.5, 0.6) is 11.5 Å². The van der Waals surface area contributed by atoms with Gasteiger partial charge in [-0.15, -0.1) is 11.3 Å². The molecule has 0 bridgehead atoms. The van der Waals surface area contributed by atoms with Gasteiger partial charge in [-0.2, -0.15) is 0 Å². The first-order valence-electron chi connectivity index (χ1n) is 8.01. The first kappa shape index (κ1) is 17.9. The molecule has 0 aliphatic carbocycles. The summed E-state index contributed by atoms with van der Waals surface area (Å²) in [6.45, 7) is 2.38. The summed E-state index contributed by atoms with van der Waals surface area (Å²) < 4.78 is 15.8. The van der Waals surface area contributed by atoms with Gasteiger partial charge < -0.3 is 14.2 Å². The van der Waals surface area contributed by atoms with Crippen molar-refractivity contribution in [2.24, 2.45) is 0 Å². The van der Waals surface area contributed by atoms with Crippen LogP contribution in [-0.4, -0.2) is 25.2 Å². The predicted octanol–water partition coefficient (Wildman–Crippen LogP) is 4.49. The van der Waals surface area contributed by atoms with Crippen LogP contribution in [-0.2, 0) is 11.3 Å². The van der Waals surface area contributed by atoms with Crippen molar-refractivity contribution in [2.45, 2.75) is 13.5 Å². The van der Waals surface area contributed by atoms with E-state index in [0.29, 0.717) is 23.7 Å². The molecule has 134 valence electrons. The molecule has 0 fully saturated rings. The van der Waals surface area contributed by atoms with Crippen molar-refractivity contribution < 1.29 is 19.0 Å². The number of benzene rings is 2. The van der Waals surface area contributed by atoms with E-state index in [1.54, 1.807) is 29.5 Å². The van der Waals surface area contributed by atoms with Crippen molar-refractivity contribution in [2.75, 3.05) is 14.2 Å². The maximum Gasteiger partial charge on any atom is 0.337 e. The number of carbonyl (C=O) groups is 1. The minimum atomic E-state index is -0.419. The molecule has 1 aromatic heterocycles. The van der Waals surface area contributed by atoms with Crippen LogP contribution < -0.4 is 9.47 Å². The summed E-state index contributed by atoms with van der Waals surface area (Å²) in [5.41, 5.74) is 3.56. The summed E-state index contributed by atoms with van der Waals surface area (Å²) >= 11 is 1.58. The quantitative estimate of drug-likeness (QED) is 0.599. The molecular weight excluding hydrogens is 350 g/mol. The van der Waals surface area contributed by atoms with Crippen molar-refractivity contribution in [3.63, 3.8) is 0 Å². The second kappa shape index (κ2) is 8.01. The van der Waals surface area contributed by atoms with Crippen LogP contribution in [0.4, 0.5) is 0 Å². The van der Waals surface area contributed by atoms with Gasteiger partial charge in [-0.05, 0) is 25.1 Å². The van der Waals surface area contributed by atoms with Gasteiger partial charge >= 0.3 is 5.97 Å². The number of nitrogens with zero attached hydrogens (tertiary/aromatic N) is 1. The number of ether oxygens (including phenoxy) is 3. The molecule has 26 heavy (non-hydrogen) atoms.